The summed E-state index contributed by atoms with van der Waals surface area (Å²) in [5.74, 6) is -1.78. The van der Waals surface area contributed by atoms with Crippen LogP contribution in [0.3, 0.4) is 0 Å². The molecular weight excluding hydrogens is 407 g/mol. The normalized spacial score (nSPS) is 22.6. The third-order valence-corrected chi connectivity index (χ3v) is 6.20. The van der Waals surface area contributed by atoms with Crippen LogP contribution in [0.25, 0.3) is 0 Å². The van der Waals surface area contributed by atoms with Crippen molar-refractivity contribution >= 4 is 23.2 Å². The highest BCUT2D eigenvalue weighted by molar-refractivity contribution is 6.24. The molecule has 0 aromatic heterocycles. The largest absolute Gasteiger partial charge is 0.273 e. The molecule has 0 unspecified atom stereocenters. The van der Waals surface area contributed by atoms with Crippen LogP contribution in [-0.2, 0) is 14.4 Å². The Bertz CT molecular complexity index is 1190. The molecule has 6 heteroatoms. The fraction of sp³-hybridized carbons (Fsp3) is 0.231. The highest BCUT2D eigenvalue weighted by Gasteiger charge is 2.60. The van der Waals surface area contributed by atoms with Crippen LogP contribution in [0.4, 0.5) is 15.8 Å². The molecule has 32 heavy (non-hydrogen) atoms. The van der Waals surface area contributed by atoms with Gasteiger partial charge in [-0.15, -0.1) is 0 Å². The second kappa shape index (κ2) is 7.57. The molecule has 3 atom stereocenters. The summed E-state index contributed by atoms with van der Waals surface area (Å²) in [5, 5.41) is 1.62. The third kappa shape index (κ3) is 3.10. The first-order valence-corrected chi connectivity index (χ1v) is 10.6. The molecule has 5 rings (SSSR count). The Hall–Kier alpha value is -3.51. The van der Waals surface area contributed by atoms with E-state index >= 15 is 0 Å². The number of anilines is 2. The van der Waals surface area contributed by atoms with Gasteiger partial charge in [-0.3, -0.25) is 14.4 Å². The van der Waals surface area contributed by atoms with Crippen LogP contribution < -0.4 is 9.96 Å². The lowest BCUT2D eigenvalue weighted by Gasteiger charge is -2.29. The molecule has 2 aliphatic rings. The van der Waals surface area contributed by atoms with Gasteiger partial charge in [-0.2, -0.15) is 0 Å². The predicted molar refractivity (Wildman–Crippen MR) is 120 cm³/mol. The maximum atomic E-state index is 13.7. The summed E-state index contributed by atoms with van der Waals surface area (Å²) >= 11 is 0. The van der Waals surface area contributed by atoms with Crippen molar-refractivity contribution in [2.75, 3.05) is 9.96 Å². The van der Waals surface area contributed by atoms with Gasteiger partial charge >= 0.3 is 0 Å². The fourth-order valence-corrected chi connectivity index (χ4v) is 4.96. The molecule has 0 saturated carbocycles. The van der Waals surface area contributed by atoms with Crippen molar-refractivity contribution in [3.8, 4) is 0 Å². The van der Waals surface area contributed by atoms with E-state index in [1.54, 1.807) is 17.2 Å². The van der Waals surface area contributed by atoms with Crippen LogP contribution >= 0.6 is 0 Å². The molecule has 162 valence electrons. The minimum atomic E-state index is -0.946. The van der Waals surface area contributed by atoms with Gasteiger partial charge in [0.15, 0.2) is 6.10 Å². The summed E-state index contributed by atoms with van der Waals surface area (Å²) < 4.78 is 13.6. The molecule has 3 aromatic carbocycles. The van der Waals surface area contributed by atoms with Crippen molar-refractivity contribution in [3.63, 3.8) is 0 Å². The number of hydrogen-bond donors (Lipinski definition) is 0. The van der Waals surface area contributed by atoms with Crippen LogP contribution in [-0.4, -0.2) is 17.9 Å². The number of carbonyl (C=O) groups excluding carboxylic acids is 2. The monoisotopic (exact) mass is 430 g/mol. The molecule has 2 fully saturated rings. The van der Waals surface area contributed by atoms with Gasteiger partial charge in [0.2, 0.25) is 5.91 Å². The molecule has 0 N–H and O–H groups in total. The molecule has 0 aliphatic carbocycles. The van der Waals surface area contributed by atoms with Crippen molar-refractivity contribution in [1.82, 2.24) is 0 Å². The zero-order valence-electron chi connectivity index (χ0n) is 18.1. The number of hydroxylamine groups is 1. The number of para-hydroxylation sites is 1. The summed E-state index contributed by atoms with van der Waals surface area (Å²) in [6.07, 6.45) is -0.946. The number of fused-ring (bicyclic) bond motifs is 1. The number of carbonyl (C=O) groups is 2. The Kier molecular flexibility index (Phi) is 4.82. The lowest BCUT2D eigenvalue weighted by Crippen LogP contribution is -2.38. The second-order valence-corrected chi connectivity index (χ2v) is 8.47. The average molecular weight is 430 g/mol. The van der Waals surface area contributed by atoms with Gasteiger partial charge in [0.05, 0.1) is 17.4 Å². The molecular formula is C26H23FN2O3. The van der Waals surface area contributed by atoms with Gasteiger partial charge in [-0.05, 0) is 61.7 Å². The quantitative estimate of drug-likeness (QED) is 0.560. The van der Waals surface area contributed by atoms with E-state index < -0.39 is 18.1 Å². The van der Waals surface area contributed by atoms with E-state index in [4.69, 9.17) is 4.84 Å². The molecule has 0 bridgehead atoms. The third-order valence-electron chi connectivity index (χ3n) is 6.20. The van der Waals surface area contributed by atoms with Gasteiger partial charge in [-0.25, -0.2) is 14.4 Å². The van der Waals surface area contributed by atoms with Gasteiger partial charge < -0.3 is 0 Å². The molecule has 5 nitrogen and oxygen atoms in total. The minimum Gasteiger partial charge on any atom is -0.273 e. The first-order chi connectivity index (χ1) is 15.4. The summed E-state index contributed by atoms with van der Waals surface area (Å²) in [5.41, 5.74) is 4.85. The Morgan fingerprint density at radius 3 is 2.09 bits per heavy atom. The van der Waals surface area contributed by atoms with E-state index in [1.165, 1.54) is 17.0 Å². The number of halogens is 1. The molecule has 0 radical (unpaired) electrons. The first-order valence-electron chi connectivity index (χ1n) is 10.6. The maximum absolute atomic E-state index is 13.7. The number of aryl methyl sites for hydroxylation is 3. The zero-order chi connectivity index (χ0) is 22.6. The van der Waals surface area contributed by atoms with Gasteiger partial charge in [0.1, 0.15) is 11.7 Å². The lowest BCUT2D eigenvalue weighted by molar-refractivity contribution is -0.126. The Labute approximate surface area is 186 Å². The van der Waals surface area contributed by atoms with Crippen LogP contribution in [0.2, 0.25) is 0 Å². The molecule has 2 saturated heterocycles. The first kappa shape index (κ1) is 20.4. The Morgan fingerprint density at radius 2 is 1.47 bits per heavy atom. The second-order valence-electron chi connectivity index (χ2n) is 8.47. The summed E-state index contributed by atoms with van der Waals surface area (Å²) in [6, 6.07) is 18.7. The van der Waals surface area contributed by atoms with Gasteiger partial charge in [-0.1, -0.05) is 48.0 Å². The standard InChI is InChI=1S/C26H23FN2O3/c1-15-13-16(2)22(17(3)14-15)28-25(30)21-23(18-9-11-19(27)12-10-18)29(32-24(21)26(28)31)20-7-5-4-6-8-20/h4-14,21,23-24H,1-3H3/t21-,23+,24-/m0/s1. The average Bonchev–Trinajstić information content (AvgIpc) is 3.26. The van der Waals surface area contributed by atoms with Crippen molar-refractivity contribution in [2.24, 2.45) is 5.92 Å². The van der Waals surface area contributed by atoms with E-state index in [2.05, 4.69) is 0 Å². The van der Waals surface area contributed by atoms with Crippen LogP contribution in [0.1, 0.15) is 28.3 Å². The highest BCUT2D eigenvalue weighted by atomic mass is 19.1. The zero-order valence-corrected chi connectivity index (χ0v) is 18.1. The number of hydrogen-bond acceptors (Lipinski definition) is 4. The lowest BCUT2D eigenvalue weighted by atomic mass is 9.90. The SMILES string of the molecule is Cc1cc(C)c(N2C(=O)[C@@H]3[C@H](ON(c4ccccc4)[C@@H]3c3ccc(F)cc3)C2=O)c(C)c1. The van der Waals surface area contributed by atoms with Gasteiger partial charge in [0.25, 0.3) is 5.91 Å². The molecule has 3 aromatic rings. The topological polar surface area (TPSA) is 49.9 Å². The summed E-state index contributed by atoms with van der Waals surface area (Å²) in [6.45, 7) is 5.79. The highest BCUT2D eigenvalue weighted by Crippen LogP contribution is 2.48. The van der Waals surface area contributed by atoms with E-state index in [9.17, 15) is 14.0 Å². The number of rotatable bonds is 3. The maximum Gasteiger partial charge on any atom is 0.266 e. The van der Waals surface area contributed by atoms with Crippen LogP contribution in [0.5, 0.6) is 0 Å². The van der Waals surface area contributed by atoms with E-state index in [0.29, 0.717) is 11.3 Å². The number of imide groups is 1. The molecule has 2 amide bonds. The number of benzene rings is 3. The van der Waals surface area contributed by atoms with E-state index in [0.717, 1.165) is 22.4 Å². The molecule has 2 heterocycles. The van der Waals surface area contributed by atoms with Crippen molar-refractivity contribution < 1.29 is 18.8 Å². The summed E-state index contributed by atoms with van der Waals surface area (Å²) in [4.78, 5) is 34.6. The van der Waals surface area contributed by atoms with Crippen molar-refractivity contribution in [3.05, 3.63) is 94.8 Å². The van der Waals surface area contributed by atoms with Crippen molar-refractivity contribution in [1.29, 1.82) is 0 Å². The van der Waals surface area contributed by atoms with E-state index in [-0.39, 0.29) is 17.6 Å². The molecule has 0 spiro atoms. The summed E-state index contributed by atoms with van der Waals surface area (Å²) in [7, 11) is 0. The number of amides is 2. The predicted octanol–water partition coefficient (Wildman–Crippen LogP) is 4.80. The smallest absolute Gasteiger partial charge is 0.266 e. The van der Waals surface area contributed by atoms with Crippen molar-refractivity contribution in [2.45, 2.75) is 32.9 Å². The Balaban J connectivity index is 1.61. The number of nitrogens with zero attached hydrogens (tertiary/aromatic N) is 2. The van der Waals surface area contributed by atoms with E-state index in [1.807, 2.05) is 63.2 Å². The Morgan fingerprint density at radius 1 is 0.844 bits per heavy atom. The van der Waals surface area contributed by atoms with Gasteiger partial charge in [0, 0.05) is 0 Å². The van der Waals surface area contributed by atoms with Crippen LogP contribution in [0, 0.1) is 32.5 Å². The molecule has 2 aliphatic heterocycles. The minimum absolute atomic E-state index is 0.303. The fourth-order valence-electron chi connectivity index (χ4n) is 4.96. The van der Waals surface area contributed by atoms with Crippen LogP contribution in [0.15, 0.2) is 66.7 Å².